The molecule has 3 aromatic rings. The van der Waals surface area contributed by atoms with Crippen LogP contribution < -0.4 is 5.32 Å². The van der Waals surface area contributed by atoms with Gasteiger partial charge in [-0.2, -0.15) is 0 Å². The molecular weight excluding hydrogens is 346 g/mol. The average molecular weight is 365 g/mol. The van der Waals surface area contributed by atoms with Crippen LogP contribution in [0.3, 0.4) is 0 Å². The van der Waals surface area contributed by atoms with Crippen molar-refractivity contribution in [1.29, 1.82) is 0 Å². The van der Waals surface area contributed by atoms with E-state index in [2.05, 4.69) is 14.7 Å². The van der Waals surface area contributed by atoms with Crippen molar-refractivity contribution in [3.05, 3.63) is 78.6 Å². The quantitative estimate of drug-likeness (QED) is 0.703. The molecule has 0 aliphatic rings. The summed E-state index contributed by atoms with van der Waals surface area (Å²) in [6.07, 6.45) is 4.60. The van der Waals surface area contributed by atoms with Crippen LogP contribution in [-0.4, -0.2) is 21.4 Å². The van der Waals surface area contributed by atoms with E-state index in [1.165, 1.54) is 6.20 Å². The lowest BCUT2D eigenvalue weighted by Gasteiger charge is -2.08. The summed E-state index contributed by atoms with van der Waals surface area (Å²) in [5, 5.41) is 3.78. The normalized spacial score (nSPS) is 13.8. The van der Waals surface area contributed by atoms with Gasteiger partial charge in [-0.25, -0.2) is 8.57 Å². The Morgan fingerprint density at radius 3 is 2.58 bits per heavy atom. The minimum atomic E-state index is -2.59. The summed E-state index contributed by atoms with van der Waals surface area (Å²) < 4.78 is 16.8. The average Bonchev–Trinajstić information content (AvgIpc) is 2.67. The minimum Gasteiger partial charge on any atom is -0.320 e. The Kier molecular flexibility index (Phi) is 5.14. The molecule has 26 heavy (non-hydrogen) atoms. The Morgan fingerprint density at radius 1 is 1.08 bits per heavy atom. The predicted molar refractivity (Wildman–Crippen MR) is 105 cm³/mol. The number of carbonyl (C=O) groups is 1. The number of nitrogens with one attached hydrogen (secondary N) is 1. The highest BCUT2D eigenvalue weighted by molar-refractivity contribution is 7.93. The van der Waals surface area contributed by atoms with Crippen molar-refractivity contribution in [2.24, 2.45) is 4.36 Å². The fourth-order valence-corrected chi connectivity index (χ4v) is 3.54. The summed E-state index contributed by atoms with van der Waals surface area (Å²) in [6.45, 7) is 1.64. The van der Waals surface area contributed by atoms with Crippen LogP contribution in [0.2, 0.25) is 0 Å². The van der Waals surface area contributed by atoms with Crippen molar-refractivity contribution < 1.29 is 9.00 Å². The number of benzene rings is 2. The number of pyridine rings is 1. The smallest absolute Gasteiger partial charge is 0.252 e. The van der Waals surface area contributed by atoms with Gasteiger partial charge in [-0.3, -0.25) is 9.78 Å². The zero-order valence-electron chi connectivity index (χ0n) is 14.5. The molecule has 1 heterocycles. The van der Waals surface area contributed by atoms with E-state index in [-0.39, 0.29) is 5.91 Å². The second-order valence-corrected chi connectivity index (χ2v) is 8.16. The van der Waals surface area contributed by atoms with Crippen LogP contribution in [0.4, 0.5) is 5.69 Å². The molecule has 0 bridgehead atoms. The van der Waals surface area contributed by atoms with Gasteiger partial charge in [-0.05, 0) is 31.2 Å². The van der Waals surface area contributed by atoms with Gasteiger partial charge in [0, 0.05) is 34.5 Å². The number of anilines is 1. The number of carbonyl (C=O) groups excluding carboxylic acids is 1. The fourth-order valence-electron chi connectivity index (χ4n) is 2.40. The van der Waals surface area contributed by atoms with E-state index in [1.807, 2.05) is 42.5 Å². The van der Waals surface area contributed by atoms with E-state index in [0.717, 1.165) is 10.9 Å². The summed E-state index contributed by atoms with van der Waals surface area (Å²) in [6, 6.07) is 18.4. The second kappa shape index (κ2) is 7.49. The molecular formula is C20H19N3O2S. The van der Waals surface area contributed by atoms with E-state index < -0.39 is 9.73 Å². The number of hydrogen-bond donors (Lipinski definition) is 1. The van der Waals surface area contributed by atoms with Gasteiger partial charge >= 0.3 is 0 Å². The highest BCUT2D eigenvalue weighted by atomic mass is 32.2. The van der Waals surface area contributed by atoms with E-state index in [4.69, 9.17) is 0 Å². The Morgan fingerprint density at radius 2 is 1.81 bits per heavy atom. The highest BCUT2D eigenvalue weighted by Crippen LogP contribution is 2.21. The first-order valence-electron chi connectivity index (χ1n) is 8.05. The van der Waals surface area contributed by atoms with Crippen molar-refractivity contribution in [3.8, 4) is 0 Å². The van der Waals surface area contributed by atoms with E-state index >= 15 is 0 Å². The fraction of sp³-hybridized carbons (Fsp3) is 0.100. The lowest BCUT2D eigenvalue weighted by Crippen LogP contribution is -2.13. The Bertz CT molecular complexity index is 1090. The van der Waals surface area contributed by atoms with Crippen LogP contribution in [0, 0.1) is 0 Å². The molecule has 0 saturated heterocycles. The maximum Gasteiger partial charge on any atom is 0.252 e. The number of fused-ring (bicyclic) bond motifs is 1. The monoisotopic (exact) mass is 365 g/mol. The van der Waals surface area contributed by atoms with Crippen LogP contribution in [0.25, 0.3) is 10.9 Å². The van der Waals surface area contributed by atoms with Crippen molar-refractivity contribution in [2.45, 2.75) is 11.8 Å². The van der Waals surface area contributed by atoms with Crippen LogP contribution in [0.1, 0.15) is 6.92 Å². The van der Waals surface area contributed by atoms with Crippen LogP contribution >= 0.6 is 0 Å². The van der Waals surface area contributed by atoms with Gasteiger partial charge in [0.25, 0.3) is 5.91 Å². The van der Waals surface area contributed by atoms with Gasteiger partial charge in [0.2, 0.25) is 0 Å². The van der Waals surface area contributed by atoms with Crippen molar-refractivity contribution >= 4 is 32.2 Å². The first-order chi connectivity index (χ1) is 12.5. The van der Waals surface area contributed by atoms with E-state index in [9.17, 15) is 9.00 Å². The first-order valence-corrected chi connectivity index (χ1v) is 9.98. The molecule has 0 radical (unpaired) electrons. The van der Waals surface area contributed by atoms with Gasteiger partial charge in [-0.15, -0.1) is 0 Å². The highest BCUT2D eigenvalue weighted by Gasteiger charge is 2.09. The molecule has 0 fully saturated rings. The van der Waals surface area contributed by atoms with Crippen molar-refractivity contribution in [1.82, 2.24) is 4.98 Å². The molecule has 0 aliphatic carbocycles. The van der Waals surface area contributed by atoms with E-state index in [1.54, 1.807) is 37.6 Å². The molecule has 132 valence electrons. The molecule has 0 spiro atoms. The standard InChI is InChI=1S/C20H19N3O2S/c1-15(14-22-26(2,25)17-10-4-3-5-11-17)20(24)23-18-12-6-8-16-9-7-13-21-19(16)18/h3-14H,1-2H3,(H,23,24)/b15-14-. The predicted octanol–water partition coefficient (Wildman–Crippen LogP) is 4.23. The lowest BCUT2D eigenvalue weighted by molar-refractivity contribution is -0.112. The Balaban J connectivity index is 1.84. The molecule has 1 unspecified atom stereocenters. The lowest BCUT2D eigenvalue weighted by atomic mass is 10.2. The molecule has 1 N–H and O–H groups in total. The van der Waals surface area contributed by atoms with Gasteiger partial charge in [0.15, 0.2) is 0 Å². The zero-order valence-corrected chi connectivity index (χ0v) is 15.4. The number of rotatable bonds is 4. The van der Waals surface area contributed by atoms with Crippen LogP contribution in [0.15, 0.2) is 87.9 Å². The molecule has 1 amide bonds. The number of nitrogens with zero attached hydrogens (tertiary/aromatic N) is 2. The van der Waals surface area contributed by atoms with Crippen molar-refractivity contribution in [3.63, 3.8) is 0 Å². The third-order valence-corrected chi connectivity index (χ3v) is 5.52. The second-order valence-electron chi connectivity index (χ2n) is 5.87. The first kappa shape index (κ1) is 17.8. The van der Waals surface area contributed by atoms with Crippen LogP contribution in [-0.2, 0) is 14.5 Å². The largest absolute Gasteiger partial charge is 0.320 e. The van der Waals surface area contributed by atoms with E-state index in [0.29, 0.717) is 16.2 Å². The van der Waals surface area contributed by atoms with Gasteiger partial charge in [-0.1, -0.05) is 36.4 Å². The molecule has 1 atom stereocenters. The summed E-state index contributed by atoms with van der Waals surface area (Å²) in [4.78, 5) is 17.4. The maximum absolute atomic E-state index is 12.7. The van der Waals surface area contributed by atoms with Gasteiger partial charge in [0.1, 0.15) is 0 Å². The number of hydrogen-bond acceptors (Lipinski definition) is 4. The summed E-state index contributed by atoms with van der Waals surface area (Å²) in [7, 11) is -2.59. The van der Waals surface area contributed by atoms with Gasteiger partial charge in [0.05, 0.1) is 20.9 Å². The topological polar surface area (TPSA) is 71.4 Å². The molecule has 1 aromatic heterocycles. The minimum absolute atomic E-state index is 0.310. The number of amides is 1. The number of para-hydroxylation sites is 1. The maximum atomic E-state index is 12.7. The molecule has 6 heteroatoms. The molecule has 3 rings (SSSR count). The summed E-state index contributed by atoms with van der Waals surface area (Å²) in [5.41, 5.74) is 1.71. The van der Waals surface area contributed by atoms with Crippen LogP contribution in [0.5, 0.6) is 0 Å². The molecule has 0 aliphatic heterocycles. The van der Waals surface area contributed by atoms with Gasteiger partial charge < -0.3 is 5.32 Å². The Hall–Kier alpha value is -2.99. The Labute approximate surface area is 153 Å². The SMILES string of the molecule is C/C(=C/N=S(C)(=O)c1ccccc1)C(=O)Nc1cccc2cccnc12. The molecule has 0 saturated carbocycles. The molecule has 5 nitrogen and oxygen atoms in total. The third kappa shape index (κ3) is 3.97. The number of aromatic nitrogens is 1. The summed E-state index contributed by atoms with van der Waals surface area (Å²) >= 11 is 0. The van der Waals surface area contributed by atoms with Crippen molar-refractivity contribution in [2.75, 3.05) is 11.6 Å². The third-order valence-electron chi connectivity index (χ3n) is 3.87. The zero-order chi connectivity index (χ0) is 18.6. The summed E-state index contributed by atoms with van der Waals surface area (Å²) in [5.74, 6) is -0.310. The molecule has 2 aromatic carbocycles.